The Hall–Kier alpha value is -1.23. The number of hydrogen-bond donors (Lipinski definition) is 0. The zero-order valence-corrected chi connectivity index (χ0v) is 12.1. The van der Waals surface area contributed by atoms with Crippen LogP contribution in [0.1, 0.15) is 17.3 Å². The Morgan fingerprint density at radius 3 is 2.72 bits per heavy atom. The van der Waals surface area contributed by atoms with Gasteiger partial charge in [-0.05, 0) is 25.1 Å². The zero-order valence-electron chi connectivity index (χ0n) is 10.5. The molecule has 18 heavy (non-hydrogen) atoms. The molecule has 0 bridgehead atoms. The van der Waals surface area contributed by atoms with E-state index < -0.39 is 0 Å². The van der Waals surface area contributed by atoms with Crippen molar-refractivity contribution in [2.24, 2.45) is 0 Å². The normalized spacial score (nSPS) is 15.1. The van der Waals surface area contributed by atoms with Crippen LogP contribution in [0.4, 0.5) is 0 Å². The van der Waals surface area contributed by atoms with Gasteiger partial charge in [-0.3, -0.25) is 4.79 Å². The Kier molecular flexibility index (Phi) is 4.11. The number of ether oxygens (including phenoxy) is 2. The van der Waals surface area contributed by atoms with Crippen molar-refractivity contribution in [1.29, 1.82) is 0 Å². The molecule has 0 spiro atoms. The van der Waals surface area contributed by atoms with Crippen molar-refractivity contribution in [2.75, 3.05) is 25.6 Å². The van der Waals surface area contributed by atoms with Crippen molar-refractivity contribution in [1.82, 2.24) is 4.90 Å². The molecular weight excluding hydrogens is 298 g/mol. The first-order valence-electron chi connectivity index (χ1n) is 5.86. The van der Waals surface area contributed by atoms with E-state index in [0.717, 1.165) is 5.33 Å². The van der Waals surface area contributed by atoms with Crippen molar-refractivity contribution in [2.45, 2.75) is 13.0 Å². The summed E-state index contributed by atoms with van der Waals surface area (Å²) in [5.41, 5.74) is 0.620. The number of alkyl halides is 1. The topological polar surface area (TPSA) is 38.8 Å². The number of hydrogen-bond acceptors (Lipinski definition) is 3. The minimum atomic E-state index is -0.0149. The summed E-state index contributed by atoms with van der Waals surface area (Å²) in [5.74, 6) is 1.33. The van der Waals surface area contributed by atoms with Crippen LogP contribution in [0.15, 0.2) is 18.2 Å². The molecule has 0 saturated heterocycles. The summed E-state index contributed by atoms with van der Waals surface area (Å²) in [5, 5.41) is 0.750. The molecule has 0 fully saturated rings. The molecule has 1 aromatic carbocycles. The van der Waals surface area contributed by atoms with Crippen LogP contribution < -0.4 is 9.47 Å². The lowest BCUT2D eigenvalue weighted by atomic mass is 10.1. The van der Waals surface area contributed by atoms with Gasteiger partial charge >= 0.3 is 0 Å². The van der Waals surface area contributed by atoms with E-state index in [1.54, 1.807) is 30.1 Å². The van der Waals surface area contributed by atoms with Crippen molar-refractivity contribution < 1.29 is 14.3 Å². The minimum absolute atomic E-state index is 0.0149. The zero-order chi connectivity index (χ0) is 13.1. The van der Waals surface area contributed by atoms with Crippen LogP contribution in [-0.4, -0.2) is 42.4 Å². The third-order valence-corrected chi connectivity index (χ3v) is 3.93. The van der Waals surface area contributed by atoms with Crippen molar-refractivity contribution in [3.63, 3.8) is 0 Å². The summed E-state index contributed by atoms with van der Waals surface area (Å²) in [4.78, 5) is 13.9. The van der Waals surface area contributed by atoms with Gasteiger partial charge in [0.25, 0.3) is 5.91 Å². The van der Waals surface area contributed by atoms with E-state index in [9.17, 15) is 4.79 Å². The Morgan fingerprint density at radius 1 is 1.39 bits per heavy atom. The number of carbonyl (C=O) groups is 1. The maximum Gasteiger partial charge on any atom is 0.254 e. The van der Waals surface area contributed by atoms with E-state index in [2.05, 4.69) is 15.9 Å². The van der Waals surface area contributed by atoms with E-state index in [1.807, 2.05) is 6.92 Å². The van der Waals surface area contributed by atoms with Gasteiger partial charge in [0.05, 0.1) is 0 Å². The van der Waals surface area contributed by atoms with Gasteiger partial charge in [0.15, 0.2) is 11.5 Å². The summed E-state index contributed by atoms with van der Waals surface area (Å²) >= 11 is 3.38. The standard InChI is InChI=1S/C13H16BrNO3/c1-9(8-14)15(2)13(16)10-3-4-11-12(7-10)18-6-5-17-11/h3-4,7,9H,5-6,8H2,1-2H3. The van der Waals surface area contributed by atoms with Crippen molar-refractivity contribution in [3.8, 4) is 11.5 Å². The molecule has 1 unspecified atom stereocenters. The second-order valence-corrected chi connectivity index (χ2v) is 4.93. The van der Waals surface area contributed by atoms with Crippen molar-refractivity contribution >= 4 is 21.8 Å². The molecule has 5 heteroatoms. The van der Waals surface area contributed by atoms with Gasteiger partial charge < -0.3 is 14.4 Å². The Morgan fingerprint density at radius 2 is 2.06 bits per heavy atom. The molecular formula is C13H16BrNO3. The second kappa shape index (κ2) is 5.61. The summed E-state index contributed by atoms with van der Waals surface area (Å²) < 4.78 is 10.9. The quantitative estimate of drug-likeness (QED) is 0.804. The fraction of sp³-hybridized carbons (Fsp3) is 0.462. The van der Waals surface area contributed by atoms with E-state index >= 15 is 0 Å². The number of carbonyl (C=O) groups excluding carboxylic acids is 1. The smallest absolute Gasteiger partial charge is 0.254 e. The highest BCUT2D eigenvalue weighted by atomic mass is 79.9. The lowest BCUT2D eigenvalue weighted by Gasteiger charge is -2.24. The molecule has 0 saturated carbocycles. The van der Waals surface area contributed by atoms with Gasteiger partial charge in [-0.15, -0.1) is 0 Å². The van der Waals surface area contributed by atoms with Gasteiger partial charge in [0.1, 0.15) is 13.2 Å². The van der Waals surface area contributed by atoms with Crippen LogP contribution in [0, 0.1) is 0 Å². The van der Waals surface area contributed by atoms with Gasteiger partial charge in [0.2, 0.25) is 0 Å². The number of halogens is 1. The Bertz CT molecular complexity index is 450. The third-order valence-electron chi connectivity index (χ3n) is 2.99. The molecule has 0 N–H and O–H groups in total. The lowest BCUT2D eigenvalue weighted by molar-refractivity contribution is 0.0757. The minimum Gasteiger partial charge on any atom is -0.486 e. The fourth-order valence-corrected chi connectivity index (χ4v) is 2.12. The summed E-state index contributed by atoms with van der Waals surface area (Å²) in [6.45, 7) is 3.07. The monoisotopic (exact) mass is 313 g/mol. The third kappa shape index (κ3) is 2.61. The Balaban J connectivity index is 2.20. The van der Waals surface area contributed by atoms with Crippen LogP contribution in [0.2, 0.25) is 0 Å². The summed E-state index contributed by atoms with van der Waals surface area (Å²) in [6.07, 6.45) is 0. The summed E-state index contributed by atoms with van der Waals surface area (Å²) in [7, 11) is 1.80. The molecule has 0 aromatic heterocycles. The SMILES string of the molecule is CC(CBr)N(C)C(=O)c1ccc2c(c1)OCCO2. The summed E-state index contributed by atoms with van der Waals surface area (Å²) in [6, 6.07) is 5.45. The first kappa shape index (κ1) is 13.2. The number of nitrogens with zero attached hydrogens (tertiary/aromatic N) is 1. The molecule has 1 aliphatic rings. The average molecular weight is 314 g/mol. The number of benzene rings is 1. The molecule has 1 heterocycles. The van der Waals surface area contributed by atoms with Crippen LogP contribution in [-0.2, 0) is 0 Å². The highest BCUT2D eigenvalue weighted by molar-refractivity contribution is 9.09. The molecule has 4 nitrogen and oxygen atoms in total. The molecule has 1 amide bonds. The Labute approximate surface area is 115 Å². The van der Waals surface area contributed by atoms with Gasteiger partial charge in [-0.1, -0.05) is 15.9 Å². The number of rotatable bonds is 3. The number of fused-ring (bicyclic) bond motifs is 1. The molecule has 1 aromatic rings. The highest BCUT2D eigenvalue weighted by Gasteiger charge is 2.19. The van der Waals surface area contributed by atoms with Crippen LogP contribution >= 0.6 is 15.9 Å². The average Bonchev–Trinajstić information content (AvgIpc) is 2.44. The molecule has 2 rings (SSSR count). The van der Waals surface area contributed by atoms with Crippen LogP contribution in [0.25, 0.3) is 0 Å². The van der Waals surface area contributed by atoms with E-state index in [4.69, 9.17) is 9.47 Å². The molecule has 0 radical (unpaired) electrons. The molecule has 98 valence electrons. The first-order chi connectivity index (χ1) is 8.63. The molecule has 1 aliphatic heterocycles. The van der Waals surface area contributed by atoms with Crippen LogP contribution in [0.3, 0.4) is 0 Å². The van der Waals surface area contributed by atoms with E-state index in [1.165, 1.54) is 0 Å². The maximum atomic E-state index is 12.2. The van der Waals surface area contributed by atoms with Crippen molar-refractivity contribution in [3.05, 3.63) is 23.8 Å². The molecule has 0 aliphatic carbocycles. The van der Waals surface area contributed by atoms with Gasteiger partial charge in [0, 0.05) is 24.0 Å². The van der Waals surface area contributed by atoms with Gasteiger partial charge in [-0.2, -0.15) is 0 Å². The van der Waals surface area contributed by atoms with Crippen LogP contribution in [0.5, 0.6) is 11.5 Å². The lowest BCUT2D eigenvalue weighted by Crippen LogP contribution is -2.36. The largest absolute Gasteiger partial charge is 0.486 e. The second-order valence-electron chi connectivity index (χ2n) is 4.28. The van der Waals surface area contributed by atoms with E-state index in [0.29, 0.717) is 30.3 Å². The van der Waals surface area contributed by atoms with E-state index in [-0.39, 0.29) is 11.9 Å². The number of amides is 1. The maximum absolute atomic E-state index is 12.2. The first-order valence-corrected chi connectivity index (χ1v) is 6.98. The fourth-order valence-electron chi connectivity index (χ4n) is 1.68. The predicted molar refractivity (Wildman–Crippen MR) is 72.8 cm³/mol. The highest BCUT2D eigenvalue weighted by Crippen LogP contribution is 2.31. The molecule has 1 atom stereocenters. The predicted octanol–water partition coefficient (Wildman–Crippen LogP) is 2.31. The van der Waals surface area contributed by atoms with Gasteiger partial charge in [-0.25, -0.2) is 0 Å².